The fraction of sp³-hybridized carbons (Fsp3) is 0.909. The Morgan fingerprint density at radius 1 is 1.56 bits per heavy atom. The van der Waals surface area contributed by atoms with Gasteiger partial charge in [-0.2, -0.15) is 11.8 Å². The van der Waals surface area contributed by atoms with Crippen molar-refractivity contribution in [1.82, 2.24) is 5.32 Å². The van der Waals surface area contributed by atoms with Crippen molar-refractivity contribution in [1.29, 1.82) is 0 Å². The number of carbonyl (C=O) groups excluding carboxylic acids is 1. The number of rotatable bonds is 5. The van der Waals surface area contributed by atoms with Crippen LogP contribution in [-0.4, -0.2) is 43.2 Å². The van der Waals surface area contributed by atoms with E-state index in [1.807, 2.05) is 11.8 Å². The van der Waals surface area contributed by atoms with Gasteiger partial charge in [0, 0.05) is 24.9 Å². The molecule has 1 aliphatic rings. The van der Waals surface area contributed by atoms with E-state index in [9.17, 15) is 4.79 Å². The number of nitrogens with two attached hydrogens (primary N) is 1. The van der Waals surface area contributed by atoms with Gasteiger partial charge in [-0.3, -0.25) is 4.79 Å². The van der Waals surface area contributed by atoms with Crippen LogP contribution in [0.3, 0.4) is 0 Å². The lowest BCUT2D eigenvalue weighted by molar-refractivity contribution is -0.131. The van der Waals surface area contributed by atoms with Crippen molar-refractivity contribution in [2.45, 2.75) is 43.1 Å². The van der Waals surface area contributed by atoms with E-state index in [4.69, 9.17) is 10.5 Å². The predicted octanol–water partition coefficient (Wildman–Crippen LogP) is 0.751. The zero-order valence-corrected chi connectivity index (χ0v) is 10.9. The number of methoxy groups -OCH3 is 1. The maximum atomic E-state index is 11.8. The van der Waals surface area contributed by atoms with Crippen molar-refractivity contribution >= 4 is 17.7 Å². The van der Waals surface area contributed by atoms with Crippen LogP contribution in [-0.2, 0) is 9.53 Å². The molecule has 3 atom stereocenters. The zero-order valence-electron chi connectivity index (χ0n) is 10.1. The number of hydrogen-bond donors (Lipinski definition) is 2. The molecule has 1 fully saturated rings. The third kappa shape index (κ3) is 3.64. The fourth-order valence-corrected chi connectivity index (χ4v) is 3.07. The summed E-state index contributed by atoms with van der Waals surface area (Å²) in [6, 6.07) is 0.278. The molecule has 1 saturated carbocycles. The van der Waals surface area contributed by atoms with E-state index in [0.29, 0.717) is 5.25 Å². The van der Waals surface area contributed by atoms with Crippen LogP contribution in [0.2, 0.25) is 0 Å². The van der Waals surface area contributed by atoms with Gasteiger partial charge in [-0.15, -0.1) is 0 Å². The summed E-state index contributed by atoms with van der Waals surface area (Å²) in [7, 11) is 1.52. The third-order valence-corrected chi connectivity index (χ3v) is 4.29. The van der Waals surface area contributed by atoms with E-state index < -0.39 is 6.10 Å². The second kappa shape index (κ2) is 7.14. The van der Waals surface area contributed by atoms with Crippen LogP contribution in [0.15, 0.2) is 0 Å². The van der Waals surface area contributed by atoms with E-state index in [-0.39, 0.29) is 18.5 Å². The molecule has 3 unspecified atom stereocenters. The van der Waals surface area contributed by atoms with Crippen molar-refractivity contribution in [2.24, 2.45) is 5.73 Å². The lowest BCUT2D eigenvalue weighted by Gasteiger charge is -2.31. The van der Waals surface area contributed by atoms with Crippen molar-refractivity contribution < 1.29 is 9.53 Å². The summed E-state index contributed by atoms with van der Waals surface area (Å²) in [5.41, 5.74) is 5.47. The minimum absolute atomic E-state index is 0.0732. The van der Waals surface area contributed by atoms with Crippen molar-refractivity contribution in [3.05, 3.63) is 0 Å². The Hall–Kier alpha value is -0.260. The minimum Gasteiger partial charge on any atom is -0.370 e. The van der Waals surface area contributed by atoms with Crippen LogP contribution >= 0.6 is 11.8 Å². The van der Waals surface area contributed by atoms with E-state index in [1.54, 1.807) is 0 Å². The molecule has 0 aliphatic heterocycles. The van der Waals surface area contributed by atoms with E-state index in [1.165, 1.54) is 26.4 Å². The fourth-order valence-electron chi connectivity index (χ4n) is 2.13. The second-order valence-electron chi connectivity index (χ2n) is 4.13. The van der Waals surface area contributed by atoms with Crippen LogP contribution in [0.1, 0.15) is 25.7 Å². The Kier molecular flexibility index (Phi) is 6.16. The average Bonchev–Trinajstić information content (AvgIpc) is 2.31. The number of amides is 1. The Bertz CT molecular complexity index is 222. The molecule has 0 bridgehead atoms. The van der Waals surface area contributed by atoms with Crippen LogP contribution in [0.5, 0.6) is 0 Å². The number of ether oxygens (including phenoxy) is 1. The van der Waals surface area contributed by atoms with Crippen molar-refractivity contribution in [3.8, 4) is 0 Å². The van der Waals surface area contributed by atoms with Crippen LogP contribution in [0, 0.1) is 0 Å². The smallest absolute Gasteiger partial charge is 0.250 e. The summed E-state index contributed by atoms with van der Waals surface area (Å²) in [6.45, 7) is 0.235. The number of hydrogen-bond acceptors (Lipinski definition) is 4. The second-order valence-corrected chi connectivity index (χ2v) is 5.21. The molecule has 0 aromatic heterocycles. The summed E-state index contributed by atoms with van der Waals surface area (Å²) >= 11 is 1.84. The highest BCUT2D eigenvalue weighted by atomic mass is 32.2. The van der Waals surface area contributed by atoms with E-state index in [2.05, 4.69) is 11.6 Å². The van der Waals surface area contributed by atoms with Gasteiger partial charge in [0.05, 0.1) is 0 Å². The molecule has 0 heterocycles. The summed E-state index contributed by atoms with van der Waals surface area (Å²) in [5, 5.41) is 3.59. The van der Waals surface area contributed by atoms with Crippen molar-refractivity contribution in [2.75, 3.05) is 19.9 Å². The summed E-state index contributed by atoms with van der Waals surface area (Å²) in [5.74, 6) is -0.0732. The zero-order chi connectivity index (χ0) is 12.0. The first-order chi connectivity index (χ1) is 7.72. The van der Waals surface area contributed by atoms with Gasteiger partial charge < -0.3 is 15.8 Å². The van der Waals surface area contributed by atoms with Gasteiger partial charge in [-0.25, -0.2) is 0 Å². The molecule has 94 valence electrons. The topological polar surface area (TPSA) is 64.3 Å². The largest absolute Gasteiger partial charge is 0.370 e. The molecular weight excluding hydrogens is 224 g/mol. The normalized spacial score (nSPS) is 27.4. The first kappa shape index (κ1) is 13.8. The first-order valence-corrected chi connectivity index (χ1v) is 7.07. The monoisotopic (exact) mass is 246 g/mol. The Labute approximate surface area is 102 Å². The van der Waals surface area contributed by atoms with Gasteiger partial charge in [0.1, 0.15) is 6.10 Å². The molecule has 0 saturated heterocycles. The summed E-state index contributed by atoms with van der Waals surface area (Å²) in [6.07, 6.45) is 6.31. The molecule has 4 nitrogen and oxygen atoms in total. The Morgan fingerprint density at radius 3 is 2.81 bits per heavy atom. The highest BCUT2D eigenvalue weighted by molar-refractivity contribution is 7.99. The molecule has 0 spiro atoms. The highest BCUT2D eigenvalue weighted by Gasteiger charge is 2.27. The highest BCUT2D eigenvalue weighted by Crippen LogP contribution is 2.27. The summed E-state index contributed by atoms with van der Waals surface area (Å²) in [4.78, 5) is 11.8. The lowest BCUT2D eigenvalue weighted by Crippen LogP contribution is -2.49. The van der Waals surface area contributed by atoms with Crippen molar-refractivity contribution in [3.63, 3.8) is 0 Å². The van der Waals surface area contributed by atoms with Gasteiger partial charge in [0.15, 0.2) is 0 Å². The van der Waals surface area contributed by atoms with Gasteiger partial charge >= 0.3 is 0 Å². The number of carbonyl (C=O) groups is 1. The minimum atomic E-state index is -0.510. The average molecular weight is 246 g/mol. The lowest BCUT2D eigenvalue weighted by atomic mass is 9.94. The molecule has 1 amide bonds. The standard InChI is InChI=1S/C11H22N2O2S/c1-15-9(7-12)11(14)13-8-5-3-4-6-10(8)16-2/h8-10H,3-7,12H2,1-2H3,(H,13,14). The number of nitrogens with one attached hydrogen (secondary N) is 1. The van der Waals surface area contributed by atoms with Crippen LogP contribution in [0.4, 0.5) is 0 Å². The maximum Gasteiger partial charge on any atom is 0.250 e. The predicted molar refractivity (Wildman–Crippen MR) is 67.6 cm³/mol. The molecule has 1 aliphatic carbocycles. The van der Waals surface area contributed by atoms with E-state index >= 15 is 0 Å². The molecule has 0 radical (unpaired) electrons. The molecule has 0 aromatic rings. The maximum absolute atomic E-state index is 11.8. The SMILES string of the molecule is COC(CN)C(=O)NC1CCCCC1SC. The Morgan fingerprint density at radius 2 is 2.25 bits per heavy atom. The van der Waals surface area contributed by atoms with E-state index in [0.717, 1.165) is 6.42 Å². The van der Waals surface area contributed by atoms with Gasteiger partial charge in [0.25, 0.3) is 5.91 Å². The molecular formula is C11H22N2O2S. The molecule has 0 aromatic carbocycles. The third-order valence-electron chi connectivity index (χ3n) is 3.12. The van der Waals surface area contributed by atoms with Crippen LogP contribution < -0.4 is 11.1 Å². The van der Waals surface area contributed by atoms with Gasteiger partial charge in [-0.05, 0) is 19.1 Å². The molecule has 5 heteroatoms. The summed E-state index contributed by atoms with van der Waals surface area (Å²) < 4.78 is 5.03. The van der Waals surface area contributed by atoms with Gasteiger partial charge in [-0.1, -0.05) is 12.8 Å². The number of thioether (sulfide) groups is 1. The first-order valence-electron chi connectivity index (χ1n) is 5.79. The Balaban J connectivity index is 2.47. The quantitative estimate of drug-likeness (QED) is 0.751. The molecule has 1 rings (SSSR count). The van der Waals surface area contributed by atoms with Gasteiger partial charge in [0.2, 0.25) is 0 Å². The molecule has 16 heavy (non-hydrogen) atoms. The molecule has 3 N–H and O–H groups in total. The van der Waals surface area contributed by atoms with Crippen LogP contribution in [0.25, 0.3) is 0 Å².